The summed E-state index contributed by atoms with van der Waals surface area (Å²) in [6.07, 6.45) is 3.42. The minimum absolute atomic E-state index is 0.102. The molecule has 0 N–H and O–H groups in total. The molecule has 2 aromatic carbocycles. The molecule has 4 aromatic rings. The van der Waals surface area contributed by atoms with E-state index in [1.165, 1.54) is 23.9 Å². The summed E-state index contributed by atoms with van der Waals surface area (Å²) >= 11 is 1.31. The Morgan fingerprint density at radius 1 is 1.14 bits per heavy atom. The zero-order valence-corrected chi connectivity index (χ0v) is 20.6. The van der Waals surface area contributed by atoms with Gasteiger partial charge in [-0.2, -0.15) is 0 Å². The van der Waals surface area contributed by atoms with Crippen molar-refractivity contribution in [3.8, 4) is 22.8 Å². The SMILES string of the molecule is CCOc1ccccc1-n1c(SC(C)C(=O)N(C)Cc2cccc(F)c2)nnc1-c1cccnc1. The lowest BCUT2D eigenvalue weighted by atomic mass is 10.2. The molecule has 0 bridgehead atoms. The molecule has 0 saturated heterocycles. The van der Waals surface area contributed by atoms with Crippen LogP contribution in [0.3, 0.4) is 0 Å². The molecule has 7 nitrogen and oxygen atoms in total. The molecular formula is C26H26FN5O2S. The predicted molar refractivity (Wildman–Crippen MR) is 134 cm³/mol. The number of ether oxygens (including phenoxy) is 1. The van der Waals surface area contributed by atoms with Gasteiger partial charge >= 0.3 is 0 Å². The Labute approximate surface area is 208 Å². The molecule has 2 aromatic heterocycles. The Kier molecular flexibility index (Phi) is 7.77. The third-order valence-electron chi connectivity index (χ3n) is 5.27. The number of hydrogen-bond acceptors (Lipinski definition) is 6. The zero-order valence-electron chi connectivity index (χ0n) is 19.8. The highest BCUT2D eigenvalue weighted by atomic mass is 32.2. The lowest BCUT2D eigenvalue weighted by molar-refractivity contribution is -0.129. The van der Waals surface area contributed by atoms with Gasteiger partial charge in [-0.25, -0.2) is 4.39 Å². The topological polar surface area (TPSA) is 73.1 Å². The van der Waals surface area contributed by atoms with Crippen molar-refractivity contribution in [2.45, 2.75) is 30.8 Å². The van der Waals surface area contributed by atoms with Crippen molar-refractivity contribution in [1.29, 1.82) is 0 Å². The molecule has 4 rings (SSSR count). The first-order valence-corrected chi connectivity index (χ1v) is 12.1. The molecule has 0 spiro atoms. The van der Waals surface area contributed by atoms with E-state index in [1.54, 1.807) is 36.5 Å². The lowest BCUT2D eigenvalue weighted by Crippen LogP contribution is -2.33. The number of benzene rings is 2. The van der Waals surface area contributed by atoms with Crippen LogP contribution in [-0.2, 0) is 11.3 Å². The van der Waals surface area contributed by atoms with Crippen molar-refractivity contribution >= 4 is 17.7 Å². The van der Waals surface area contributed by atoms with Crippen molar-refractivity contribution in [2.24, 2.45) is 0 Å². The van der Waals surface area contributed by atoms with Crippen LogP contribution in [0.5, 0.6) is 5.75 Å². The van der Waals surface area contributed by atoms with Gasteiger partial charge in [-0.1, -0.05) is 36.0 Å². The number of aromatic nitrogens is 4. The third-order valence-corrected chi connectivity index (χ3v) is 6.30. The molecule has 0 radical (unpaired) electrons. The molecule has 0 aliphatic rings. The summed E-state index contributed by atoms with van der Waals surface area (Å²) in [5.41, 5.74) is 2.29. The van der Waals surface area contributed by atoms with E-state index in [1.807, 2.05) is 54.8 Å². The van der Waals surface area contributed by atoms with E-state index >= 15 is 0 Å². The summed E-state index contributed by atoms with van der Waals surface area (Å²) in [6, 6.07) is 17.6. The maximum Gasteiger partial charge on any atom is 0.235 e. The van der Waals surface area contributed by atoms with Gasteiger partial charge in [-0.05, 0) is 55.8 Å². The van der Waals surface area contributed by atoms with Gasteiger partial charge in [0.25, 0.3) is 0 Å². The number of pyridine rings is 1. The number of carbonyl (C=O) groups excluding carboxylic acids is 1. The third kappa shape index (κ3) is 5.68. The van der Waals surface area contributed by atoms with Crippen LogP contribution in [-0.4, -0.2) is 49.5 Å². The molecule has 2 heterocycles. The summed E-state index contributed by atoms with van der Waals surface area (Å²) in [4.78, 5) is 19.0. The van der Waals surface area contributed by atoms with Crippen molar-refractivity contribution < 1.29 is 13.9 Å². The van der Waals surface area contributed by atoms with Crippen LogP contribution in [0.25, 0.3) is 17.1 Å². The number of nitrogens with zero attached hydrogens (tertiary/aromatic N) is 5. The largest absolute Gasteiger partial charge is 0.492 e. The van der Waals surface area contributed by atoms with Crippen LogP contribution >= 0.6 is 11.8 Å². The Morgan fingerprint density at radius 3 is 2.71 bits per heavy atom. The number of carbonyl (C=O) groups is 1. The number of amides is 1. The highest BCUT2D eigenvalue weighted by molar-refractivity contribution is 8.00. The lowest BCUT2D eigenvalue weighted by Gasteiger charge is -2.21. The number of rotatable bonds is 9. The van der Waals surface area contributed by atoms with E-state index in [2.05, 4.69) is 15.2 Å². The summed E-state index contributed by atoms with van der Waals surface area (Å²) in [5.74, 6) is 0.856. The number of para-hydroxylation sites is 2. The van der Waals surface area contributed by atoms with Gasteiger partial charge < -0.3 is 9.64 Å². The van der Waals surface area contributed by atoms with Gasteiger partial charge in [0.2, 0.25) is 5.91 Å². The fourth-order valence-corrected chi connectivity index (χ4v) is 4.65. The van der Waals surface area contributed by atoms with Gasteiger partial charge in [0, 0.05) is 31.5 Å². The quantitative estimate of drug-likeness (QED) is 0.307. The van der Waals surface area contributed by atoms with Gasteiger partial charge in [0.1, 0.15) is 11.6 Å². The molecule has 1 atom stereocenters. The first kappa shape index (κ1) is 24.4. The molecule has 9 heteroatoms. The monoisotopic (exact) mass is 491 g/mol. The average Bonchev–Trinajstić information content (AvgIpc) is 3.27. The van der Waals surface area contributed by atoms with Gasteiger partial charge in [-0.3, -0.25) is 14.3 Å². The van der Waals surface area contributed by atoms with Crippen molar-refractivity contribution in [3.05, 3.63) is 84.4 Å². The molecule has 1 amide bonds. The van der Waals surface area contributed by atoms with E-state index in [9.17, 15) is 9.18 Å². The maximum absolute atomic E-state index is 13.6. The summed E-state index contributed by atoms with van der Waals surface area (Å²) < 4.78 is 21.3. The zero-order chi connectivity index (χ0) is 24.8. The molecular weight excluding hydrogens is 465 g/mol. The standard InChI is InChI=1S/C26H26FN5O2S/c1-4-34-23-13-6-5-12-22(23)32-24(20-10-8-14-28-16-20)29-30-26(32)35-18(2)25(33)31(3)17-19-9-7-11-21(27)15-19/h5-16,18H,4,17H2,1-3H3. The Morgan fingerprint density at radius 2 is 1.97 bits per heavy atom. The maximum atomic E-state index is 13.6. The number of hydrogen-bond donors (Lipinski definition) is 0. The second-order valence-electron chi connectivity index (χ2n) is 7.87. The smallest absolute Gasteiger partial charge is 0.235 e. The predicted octanol–water partition coefficient (Wildman–Crippen LogP) is 5.01. The minimum Gasteiger partial charge on any atom is -0.492 e. The van der Waals surface area contributed by atoms with Crippen LogP contribution in [0.15, 0.2) is 78.2 Å². The molecule has 0 aliphatic heterocycles. The minimum atomic E-state index is -0.461. The normalized spacial score (nSPS) is 11.8. The fourth-order valence-electron chi connectivity index (χ4n) is 3.67. The molecule has 1 unspecified atom stereocenters. The van der Waals surface area contributed by atoms with E-state index in [0.717, 1.165) is 16.8 Å². The number of halogens is 1. The first-order valence-electron chi connectivity index (χ1n) is 11.2. The molecule has 0 saturated carbocycles. The van der Waals surface area contributed by atoms with Crippen LogP contribution in [0.2, 0.25) is 0 Å². The summed E-state index contributed by atoms with van der Waals surface area (Å²) in [5, 5.41) is 8.94. The van der Waals surface area contributed by atoms with Crippen molar-refractivity contribution in [3.63, 3.8) is 0 Å². The van der Waals surface area contributed by atoms with E-state index in [0.29, 0.717) is 29.9 Å². The molecule has 180 valence electrons. The van der Waals surface area contributed by atoms with E-state index < -0.39 is 5.25 Å². The van der Waals surface area contributed by atoms with E-state index in [4.69, 9.17) is 4.74 Å². The van der Waals surface area contributed by atoms with Gasteiger partial charge in [-0.15, -0.1) is 10.2 Å². The summed E-state index contributed by atoms with van der Waals surface area (Å²) in [7, 11) is 1.71. The van der Waals surface area contributed by atoms with E-state index in [-0.39, 0.29) is 11.7 Å². The number of thioether (sulfide) groups is 1. The highest BCUT2D eigenvalue weighted by Gasteiger charge is 2.25. The summed E-state index contributed by atoms with van der Waals surface area (Å²) in [6.45, 7) is 4.56. The Hall–Kier alpha value is -3.72. The van der Waals surface area contributed by atoms with Crippen LogP contribution in [0.4, 0.5) is 4.39 Å². The van der Waals surface area contributed by atoms with Gasteiger partial charge in [0.15, 0.2) is 11.0 Å². The molecule has 0 fully saturated rings. The first-order chi connectivity index (χ1) is 17.0. The highest BCUT2D eigenvalue weighted by Crippen LogP contribution is 2.34. The Bertz CT molecular complexity index is 1300. The molecule has 35 heavy (non-hydrogen) atoms. The molecule has 0 aliphatic carbocycles. The fraction of sp³-hybridized carbons (Fsp3) is 0.231. The van der Waals surface area contributed by atoms with Crippen LogP contribution in [0, 0.1) is 5.82 Å². The average molecular weight is 492 g/mol. The van der Waals surface area contributed by atoms with Crippen molar-refractivity contribution in [2.75, 3.05) is 13.7 Å². The van der Waals surface area contributed by atoms with Crippen molar-refractivity contribution in [1.82, 2.24) is 24.6 Å². The Balaban J connectivity index is 1.64. The second kappa shape index (κ2) is 11.1. The van der Waals surface area contributed by atoms with Gasteiger partial charge in [0.05, 0.1) is 17.5 Å². The van der Waals surface area contributed by atoms with Crippen LogP contribution in [0.1, 0.15) is 19.4 Å². The second-order valence-corrected chi connectivity index (χ2v) is 9.18. The van der Waals surface area contributed by atoms with Crippen LogP contribution < -0.4 is 4.74 Å².